The Labute approximate surface area is 232 Å². The number of carboxylic acid groups (broad SMARTS) is 1. The van der Waals surface area contributed by atoms with Crippen LogP contribution in [-0.4, -0.2) is 91.9 Å². The average Bonchev–Trinajstić information content (AvgIpc) is 2.88. The number of ether oxygens (including phenoxy) is 2. The number of nitrogens with one attached hydrogen (secondary N) is 2. The van der Waals surface area contributed by atoms with Gasteiger partial charge in [-0.15, -0.1) is 0 Å². The van der Waals surface area contributed by atoms with Crippen LogP contribution in [0.3, 0.4) is 0 Å². The van der Waals surface area contributed by atoms with Crippen LogP contribution < -0.4 is 15.4 Å². The number of alkyl halides is 2. The topological polar surface area (TPSA) is 216 Å². The number of amides is 2. The van der Waals surface area contributed by atoms with Gasteiger partial charge in [-0.3, -0.25) is 9.59 Å². The first-order chi connectivity index (χ1) is 18.7. The first-order valence-electron chi connectivity index (χ1n) is 11.8. The van der Waals surface area contributed by atoms with Gasteiger partial charge in [0.1, 0.15) is 24.1 Å². The van der Waals surface area contributed by atoms with Gasteiger partial charge in [-0.1, -0.05) is 5.16 Å². The maximum absolute atomic E-state index is 14.0. The van der Waals surface area contributed by atoms with Gasteiger partial charge in [0.15, 0.2) is 0 Å². The molecule has 1 aromatic rings. The molecule has 1 heterocycles. The SMILES string of the molecule is CC(=O)NC1C(O)CC(Oc2ccc(NC(=O)CC/C(C)=N\OS)cc2C(F)F)(C(=O)O)OC1C(O)C(O)CO. The molecule has 1 saturated heterocycles. The molecule has 0 spiro atoms. The number of aliphatic hydroxyl groups excluding tert-OH is 4. The Morgan fingerprint density at radius 1 is 1.25 bits per heavy atom. The Morgan fingerprint density at radius 2 is 1.93 bits per heavy atom. The van der Waals surface area contributed by atoms with E-state index in [0.29, 0.717) is 5.71 Å². The van der Waals surface area contributed by atoms with Crippen LogP contribution in [0.4, 0.5) is 14.5 Å². The fourth-order valence-electron chi connectivity index (χ4n) is 3.93. The summed E-state index contributed by atoms with van der Waals surface area (Å²) in [4.78, 5) is 36.2. The standard InChI is InChI=1S/C23H31F2N3O11S/c1-10(28-39-40)3-6-17(33)27-12-4-5-16(13(7-12)21(24)25)37-23(22(35)36)8-14(31)18(26-11(2)30)20(38-23)19(34)15(32)9-29/h4-5,7,14-15,18-21,29,31-32,34,40H,3,6,8-9H2,1-2H3,(H,26,30)(H,27,33)(H,35,36)/b28-10-. The quantitative estimate of drug-likeness (QED) is 0.0662. The van der Waals surface area contributed by atoms with Gasteiger partial charge in [0.05, 0.1) is 49.4 Å². The van der Waals surface area contributed by atoms with Crippen LogP contribution in [0.2, 0.25) is 0 Å². The summed E-state index contributed by atoms with van der Waals surface area (Å²) in [5.74, 6) is -6.71. The number of hydrogen-bond acceptors (Lipinski definition) is 12. The zero-order valence-corrected chi connectivity index (χ0v) is 22.3. The minimum Gasteiger partial charge on any atom is -0.476 e. The van der Waals surface area contributed by atoms with E-state index in [4.69, 9.17) is 9.47 Å². The van der Waals surface area contributed by atoms with Gasteiger partial charge in [0.2, 0.25) is 11.8 Å². The summed E-state index contributed by atoms with van der Waals surface area (Å²) in [6.07, 6.45) is -11.6. The predicted octanol–water partition coefficient (Wildman–Crippen LogP) is 0.108. The number of halogens is 2. The predicted molar refractivity (Wildman–Crippen MR) is 136 cm³/mol. The van der Waals surface area contributed by atoms with Crippen LogP contribution >= 0.6 is 12.9 Å². The monoisotopic (exact) mass is 595 g/mol. The molecular formula is C23H31F2N3O11S. The second kappa shape index (κ2) is 14.5. The van der Waals surface area contributed by atoms with Gasteiger partial charge in [0.25, 0.3) is 6.43 Å². The molecule has 0 bridgehead atoms. The summed E-state index contributed by atoms with van der Waals surface area (Å²) in [6, 6.07) is 1.50. The average molecular weight is 596 g/mol. The minimum absolute atomic E-state index is 0.0632. The maximum Gasteiger partial charge on any atom is 0.377 e. The van der Waals surface area contributed by atoms with Gasteiger partial charge in [-0.2, -0.15) is 0 Å². The molecule has 224 valence electrons. The van der Waals surface area contributed by atoms with Crippen molar-refractivity contribution in [3.8, 4) is 5.75 Å². The Bertz CT molecular complexity index is 1100. The zero-order chi connectivity index (χ0) is 30.2. The molecule has 14 nitrogen and oxygen atoms in total. The summed E-state index contributed by atoms with van der Waals surface area (Å²) in [5.41, 5.74) is -0.451. The number of benzene rings is 1. The van der Waals surface area contributed by atoms with Crippen LogP contribution in [0.5, 0.6) is 5.75 Å². The number of thiol groups is 1. The van der Waals surface area contributed by atoms with E-state index in [2.05, 4.69) is 33.0 Å². The molecule has 1 fully saturated rings. The lowest BCUT2D eigenvalue weighted by molar-refractivity contribution is -0.284. The Balaban J connectivity index is 2.39. The van der Waals surface area contributed by atoms with E-state index in [9.17, 15) is 48.7 Å². The highest BCUT2D eigenvalue weighted by Gasteiger charge is 2.57. The summed E-state index contributed by atoms with van der Waals surface area (Å²) in [5, 5.41) is 58.5. The highest BCUT2D eigenvalue weighted by atomic mass is 32.1. The molecule has 1 aromatic carbocycles. The number of aliphatic carboxylic acids is 1. The normalized spacial score (nSPS) is 24.6. The van der Waals surface area contributed by atoms with Crippen molar-refractivity contribution in [2.45, 2.75) is 75.8 Å². The van der Waals surface area contributed by atoms with Crippen molar-refractivity contribution in [1.82, 2.24) is 5.32 Å². The van der Waals surface area contributed by atoms with E-state index in [-0.39, 0.29) is 18.5 Å². The number of hydrogen-bond donors (Lipinski definition) is 8. The van der Waals surface area contributed by atoms with Crippen molar-refractivity contribution in [2.24, 2.45) is 5.16 Å². The van der Waals surface area contributed by atoms with Gasteiger partial charge < -0.3 is 49.9 Å². The smallest absolute Gasteiger partial charge is 0.377 e. The first kappa shape index (κ1) is 33.1. The highest BCUT2D eigenvalue weighted by molar-refractivity contribution is 7.75. The van der Waals surface area contributed by atoms with E-state index in [1.165, 1.54) is 0 Å². The molecule has 0 radical (unpaired) electrons. The summed E-state index contributed by atoms with van der Waals surface area (Å²) >= 11 is 3.46. The fourth-order valence-corrected chi connectivity index (χ4v) is 4.07. The number of carboxylic acids is 1. The number of carbonyl (C=O) groups is 3. The lowest BCUT2D eigenvalue weighted by atomic mass is 9.88. The van der Waals surface area contributed by atoms with Gasteiger partial charge in [-0.05, 0) is 31.5 Å². The van der Waals surface area contributed by atoms with Crippen LogP contribution in [0.15, 0.2) is 23.4 Å². The summed E-state index contributed by atoms with van der Waals surface area (Å²) < 4.78 is 43.1. The molecule has 2 amide bonds. The largest absolute Gasteiger partial charge is 0.476 e. The van der Waals surface area contributed by atoms with Crippen LogP contribution in [0, 0.1) is 0 Å². The molecule has 7 N–H and O–H groups in total. The third-order valence-corrected chi connectivity index (χ3v) is 5.98. The second-order valence-corrected chi connectivity index (χ2v) is 9.15. The van der Waals surface area contributed by atoms with Gasteiger partial charge in [0, 0.05) is 19.0 Å². The number of anilines is 1. The summed E-state index contributed by atoms with van der Waals surface area (Å²) in [6.45, 7) is 1.65. The van der Waals surface area contributed by atoms with Crippen LogP contribution in [-0.2, 0) is 23.4 Å². The van der Waals surface area contributed by atoms with Crippen molar-refractivity contribution < 1.29 is 62.5 Å². The molecule has 0 aromatic heterocycles. The molecule has 0 saturated carbocycles. The fraction of sp³-hybridized carbons (Fsp3) is 0.565. The Kier molecular flexibility index (Phi) is 12.0. The summed E-state index contributed by atoms with van der Waals surface area (Å²) in [7, 11) is 0. The highest BCUT2D eigenvalue weighted by Crippen LogP contribution is 2.39. The number of aliphatic hydroxyl groups is 4. The number of oxime groups is 1. The van der Waals surface area contributed by atoms with Gasteiger partial charge >= 0.3 is 11.8 Å². The molecule has 1 aliphatic heterocycles. The van der Waals surface area contributed by atoms with Crippen molar-refractivity contribution in [3.63, 3.8) is 0 Å². The lowest BCUT2D eigenvalue weighted by Crippen LogP contribution is -2.68. The number of nitrogens with zero attached hydrogens (tertiary/aromatic N) is 1. The number of rotatable bonds is 13. The van der Waals surface area contributed by atoms with Gasteiger partial charge in [-0.25, -0.2) is 13.6 Å². The zero-order valence-electron chi connectivity index (χ0n) is 21.4. The minimum atomic E-state index is -3.22. The van der Waals surface area contributed by atoms with Crippen molar-refractivity contribution in [3.05, 3.63) is 23.8 Å². The van der Waals surface area contributed by atoms with E-state index in [0.717, 1.165) is 25.1 Å². The molecule has 17 heteroatoms. The Morgan fingerprint density at radius 3 is 2.48 bits per heavy atom. The first-order valence-corrected chi connectivity index (χ1v) is 12.2. The molecule has 40 heavy (non-hydrogen) atoms. The van der Waals surface area contributed by atoms with Crippen molar-refractivity contribution in [2.75, 3.05) is 11.9 Å². The van der Waals surface area contributed by atoms with Crippen LogP contribution in [0.25, 0.3) is 0 Å². The van der Waals surface area contributed by atoms with Crippen LogP contribution in [0.1, 0.15) is 45.1 Å². The maximum atomic E-state index is 14.0. The van der Waals surface area contributed by atoms with Crippen molar-refractivity contribution in [1.29, 1.82) is 0 Å². The second-order valence-electron chi connectivity index (χ2n) is 8.99. The van der Waals surface area contributed by atoms with E-state index >= 15 is 0 Å². The molecule has 6 atom stereocenters. The van der Waals surface area contributed by atoms with E-state index in [1.54, 1.807) is 6.92 Å². The molecule has 0 aliphatic carbocycles. The van der Waals surface area contributed by atoms with Crippen molar-refractivity contribution >= 4 is 42.1 Å². The lowest BCUT2D eigenvalue weighted by Gasteiger charge is -2.46. The number of carbonyl (C=O) groups excluding carboxylic acids is 2. The van der Waals surface area contributed by atoms with E-state index < -0.39 is 84.8 Å². The third-order valence-electron chi connectivity index (χ3n) is 5.90. The third kappa shape index (κ3) is 8.45. The Hall–Kier alpha value is -3.09. The molecule has 1 aliphatic rings. The molecule has 2 rings (SSSR count). The van der Waals surface area contributed by atoms with E-state index in [1.807, 2.05) is 0 Å². The molecule has 6 unspecified atom stereocenters. The molecular weight excluding hydrogens is 564 g/mol.